The summed E-state index contributed by atoms with van der Waals surface area (Å²) in [7, 11) is 0. The fourth-order valence-electron chi connectivity index (χ4n) is 1.85. The molecule has 1 aromatic heterocycles. The van der Waals surface area contributed by atoms with Crippen molar-refractivity contribution in [2.24, 2.45) is 0 Å². The van der Waals surface area contributed by atoms with Gasteiger partial charge >= 0.3 is 0 Å². The number of aromatic nitrogens is 2. The van der Waals surface area contributed by atoms with Crippen LogP contribution < -0.4 is 0 Å². The molecular formula is C14H15ClN2O. The fraction of sp³-hybridized carbons (Fsp3) is 0.286. The molecule has 1 aromatic carbocycles. The van der Waals surface area contributed by atoms with Crippen LogP contribution in [-0.2, 0) is 6.54 Å². The van der Waals surface area contributed by atoms with Crippen molar-refractivity contribution in [1.29, 1.82) is 0 Å². The molecule has 0 unspecified atom stereocenters. The van der Waals surface area contributed by atoms with Gasteiger partial charge in [0.25, 0.3) is 0 Å². The van der Waals surface area contributed by atoms with Gasteiger partial charge in [-0.25, -0.2) is 0 Å². The molecule has 0 aliphatic carbocycles. The lowest BCUT2D eigenvalue weighted by Crippen LogP contribution is -2.11. The number of carbonyl (C=O) groups excluding carboxylic acids is 1. The number of hydrogen-bond donors (Lipinski definition) is 0. The van der Waals surface area contributed by atoms with Crippen LogP contribution >= 0.6 is 11.6 Å². The molecule has 0 aliphatic heterocycles. The highest BCUT2D eigenvalue weighted by Gasteiger charge is 2.18. The second-order valence-electron chi connectivity index (χ2n) is 4.29. The van der Waals surface area contributed by atoms with E-state index in [1.165, 1.54) is 11.8 Å². The third-order valence-corrected chi connectivity index (χ3v) is 3.36. The van der Waals surface area contributed by atoms with E-state index in [9.17, 15) is 4.79 Å². The number of nitrogens with zero attached hydrogens (tertiary/aromatic N) is 2. The predicted octanol–water partition coefficient (Wildman–Crippen LogP) is 3.40. The lowest BCUT2D eigenvalue weighted by molar-refractivity contribution is 0.102. The average Bonchev–Trinajstić information content (AvgIpc) is 2.73. The van der Waals surface area contributed by atoms with Crippen molar-refractivity contribution < 1.29 is 4.79 Å². The van der Waals surface area contributed by atoms with Crippen LogP contribution in [0.2, 0.25) is 5.02 Å². The third-order valence-electron chi connectivity index (χ3n) is 3.08. The van der Waals surface area contributed by atoms with Crippen LogP contribution in [0.15, 0.2) is 24.4 Å². The molecule has 0 spiro atoms. The first kappa shape index (κ1) is 12.8. The Morgan fingerprint density at radius 3 is 2.67 bits per heavy atom. The molecule has 0 atom stereocenters. The number of ketones is 1. The van der Waals surface area contributed by atoms with E-state index in [0.717, 1.165) is 5.56 Å². The second kappa shape index (κ2) is 4.94. The highest BCUT2D eigenvalue weighted by Crippen LogP contribution is 2.20. The molecule has 2 rings (SSSR count). The molecule has 0 fully saturated rings. The Hall–Kier alpha value is -1.61. The number of aryl methyl sites for hydroxylation is 3. The molecule has 1 heterocycles. The van der Waals surface area contributed by atoms with Crippen molar-refractivity contribution in [2.45, 2.75) is 27.3 Å². The summed E-state index contributed by atoms with van der Waals surface area (Å²) in [5, 5.41) is 4.49. The first-order chi connectivity index (χ1) is 8.54. The zero-order valence-electron chi connectivity index (χ0n) is 10.7. The van der Waals surface area contributed by atoms with Gasteiger partial charge in [-0.1, -0.05) is 23.7 Å². The number of hydrogen-bond acceptors (Lipinski definition) is 2. The van der Waals surface area contributed by atoms with Crippen LogP contribution in [-0.4, -0.2) is 15.6 Å². The standard InChI is InChI=1S/C14H15ClN2O/c1-4-17-13(12(15)8-16-17)14(18)11-6-5-9(2)10(3)7-11/h5-8H,4H2,1-3H3. The van der Waals surface area contributed by atoms with Gasteiger partial charge in [-0.15, -0.1) is 0 Å². The number of carbonyl (C=O) groups is 1. The average molecular weight is 263 g/mol. The van der Waals surface area contributed by atoms with Gasteiger partial charge in [0.1, 0.15) is 5.69 Å². The Bertz CT molecular complexity index is 602. The molecular weight excluding hydrogens is 248 g/mol. The molecule has 2 aromatic rings. The Balaban J connectivity index is 2.47. The van der Waals surface area contributed by atoms with Crippen LogP contribution in [0.1, 0.15) is 34.1 Å². The molecule has 0 saturated heterocycles. The fourth-order valence-corrected chi connectivity index (χ4v) is 2.07. The Labute approximate surface area is 111 Å². The van der Waals surface area contributed by atoms with Crippen molar-refractivity contribution >= 4 is 17.4 Å². The highest BCUT2D eigenvalue weighted by atomic mass is 35.5. The first-order valence-electron chi connectivity index (χ1n) is 5.87. The van der Waals surface area contributed by atoms with Crippen molar-refractivity contribution in [3.63, 3.8) is 0 Å². The van der Waals surface area contributed by atoms with E-state index in [2.05, 4.69) is 5.10 Å². The molecule has 0 N–H and O–H groups in total. The maximum Gasteiger partial charge on any atom is 0.212 e. The summed E-state index contributed by atoms with van der Waals surface area (Å²) in [5.41, 5.74) is 3.37. The molecule has 0 saturated carbocycles. The van der Waals surface area contributed by atoms with Crippen LogP contribution in [0, 0.1) is 13.8 Å². The lowest BCUT2D eigenvalue weighted by Gasteiger charge is -2.07. The maximum absolute atomic E-state index is 12.4. The highest BCUT2D eigenvalue weighted by molar-refractivity contribution is 6.34. The number of halogens is 1. The first-order valence-corrected chi connectivity index (χ1v) is 6.25. The zero-order valence-corrected chi connectivity index (χ0v) is 11.5. The van der Waals surface area contributed by atoms with Crippen molar-refractivity contribution in [3.8, 4) is 0 Å². The van der Waals surface area contributed by atoms with E-state index < -0.39 is 0 Å². The van der Waals surface area contributed by atoms with Gasteiger partial charge in [0.15, 0.2) is 0 Å². The van der Waals surface area contributed by atoms with E-state index in [-0.39, 0.29) is 5.78 Å². The zero-order chi connectivity index (χ0) is 13.3. The van der Waals surface area contributed by atoms with E-state index >= 15 is 0 Å². The molecule has 0 amide bonds. The largest absolute Gasteiger partial charge is 0.287 e. The minimum Gasteiger partial charge on any atom is -0.287 e. The van der Waals surface area contributed by atoms with Gasteiger partial charge in [0.2, 0.25) is 5.78 Å². The van der Waals surface area contributed by atoms with Gasteiger partial charge < -0.3 is 0 Å². The van der Waals surface area contributed by atoms with E-state index in [0.29, 0.717) is 22.8 Å². The smallest absolute Gasteiger partial charge is 0.212 e. The summed E-state index contributed by atoms with van der Waals surface area (Å²) in [5.74, 6) is -0.0811. The van der Waals surface area contributed by atoms with E-state index in [4.69, 9.17) is 11.6 Å². The van der Waals surface area contributed by atoms with Crippen LogP contribution in [0.4, 0.5) is 0 Å². The van der Waals surface area contributed by atoms with Gasteiger partial charge in [-0.05, 0) is 38.0 Å². The summed E-state index contributed by atoms with van der Waals surface area (Å²) in [6.45, 7) is 6.57. The lowest BCUT2D eigenvalue weighted by atomic mass is 10.0. The third kappa shape index (κ3) is 2.18. The molecule has 94 valence electrons. The summed E-state index contributed by atoms with van der Waals surface area (Å²) in [4.78, 5) is 12.4. The number of rotatable bonds is 3. The van der Waals surface area contributed by atoms with Crippen LogP contribution in [0.25, 0.3) is 0 Å². The minimum atomic E-state index is -0.0811. The van der Waals surface area contributed by atoms with E-state index in [1.54, 1.807) is 4.68 Å². The normalized spacial score (nSPS) is 10.7. The molecule has 18 heavy (non-hydrogen) atoms. The van der Waals surface area contributed by atoms with Crippen molar-refractivity contribution in [2.75, 3.05) is 0 Å². The Morgan fingerprint density at radius 1 is 1.33 bits per heavy atom. The summed E-state index contributed by atoms with van der Waals surface area (Å²) in [6, 6.07) is 5.66. The predicted molar refractivity (Wildman–Crippen MR) is 72.3 cm³/mol. The van der Waals surface area contributed by atoms with Crippen LogP contribution in [0.3, 0.4) is 0 Å². The molecule has 3 nitrogen and oxygen atoms in total. The van der Waals surface area contributed by atoms with Gasteiger partial charge in [0.05, 0.1) is 11.2 Å². The Morgan fingerprint density at radius 2 is 2.06 bits per heavy atom. The molecule has 0 radical (unpaired) electrons. The monoisotopic (exact) mass is 262 g/mol. The Kier molecular flexibility index (Phi) is 3.53. The summed E-state index contributed by atoms with van der Waals surface area (Å²) < 4.78 is 1.62. The SMILES string of the molecule is CCn1ncc(Cl)c1C(=O)c1ccc(C)c(C)c1. The quantitative estimate of drug-likeness (QED) is 0.795. The minimum absolute atomic E-state index is 0.0811. The topological polar surface area (TPSA) is 34.9 Å². The van der Waals surface area contributed by atoms with Gasteiger partial charge in [-0.3, -0.25) is 9.48 Å². The molecule has 4 heteroatoms. The summed E-state index contributed by atoms with van der Waals surface area (Å²) in [6.07, 6.45) is 1.51. The molecule has 0 aliphatic rings. The van der Waals surface area contributed by atoms with Crippen LogP contribution in [0.5, 0.6) is 0 Å². The van der Waals surface area contributed by atoms with Gasteiger partial charge in [-0.2, -0.15) is 5.10 Å². The maximum atomic E-state index is 12.4. The van der Waals surface area contributed by atoms with Crippen molar-refractivity contribution in [3.05, 3.63) is 51.8 Å². The second-order valence-corrected chi connectivity index (χ2v) is 4.69. The summed E-state index contributed by atoms with van der Waals surface area (Å²) >= 11 is 6.04. The van der Waals surface area contributed by atoms with Gasteiger partial charge in [0, 0.05) is 12.1 Å². The van der Waals surface area contributed by atoms with E-state index in [1.807, 2.05) is 39.0 Å². The number of benzene rings is 1. The molecule has 0 bridgehead atoms. The van der Waals surface area contributed by atoms with Crippen molar-refractivity contribution in [1.82, 2.24) is 9.78 Å².